The molecular weight excluding hydrogens is 210 g/mol. The lowest BCUT2D eigenvalue weighted by atomic mass is 10.5. The molecule has 0 aromatic carbocycles. The van der Waals surface area contributed by atoms with Crippen LogP contribution in [-0.2, 0) is 4.74 Å². The van der Waals surface area contributed by atoms with Crippen molar-refractivity contribution in [3.8, 4) is 5.88 Å². The molecule has 0 unspecified atom stereocenters. The first-order chi connectivity index (χ1) is 7.76. The average Bonchev–Trinajstić information content (AvgIpc) is 2.28. The molecule has 0 atom stereocenters. The molecular formula is C9H17N5O2. The van der Waals surface area contributed by atoms with Gasteiger partial charge in [0, 0.05) is 12.7 Å². The van der Waals surface area contributed by atoms with Gasteiger partial charge in [-0.05, 0) is 6.42 Å². The molecule has 0 amide bonds. The summed E-state index contributed by atoms with van der Waals surface area (Å²) in [5.74, 6) is 6.11. The summed E-state index contributed by atoms with van der Waals surface area (Å²) < 4.78 is 10.6. The molecule has 0 bridgehead atoms. The van der Waals surface area contributed by atoms with Crippen molar-refractivity contribution < 1.29 is 9.47 Å². The van der Waals surface area contributed by atoms with E-state index in [1.165, 1.54) is 0 Å². The van der Waals surface area contributed by atoms with Crippen molar-refractivity contribution in [2.45, 2.75) is 13.3 Å². The van der Waals surface area contributed by atoms with Gasteiger partial charge in [0.25, 0.3) is 0 Å². The number of aromatic nitrogens is 2. The van der Waals surface area contributed by atoms with Gasteiger partial charge in [0.1, 0.15) is 12.4 Å². The van der Waals surface area contributed by atoms with Crippen molar-refractivity contribution in [2.24, 2.45) is 5.84 Å². The van der Waals surface area contributed by atoms with Crippen LogP contribution in [0.25, 0.3) is 0 Å². The first-order valence-corrected chi connectivity index (χ1v) is 5.08. The van der Waals surface area contributed by atoms with Crippen molar-refractivity contribution in [1.82, 2.24) is 9.97 Å². The van der Waals surface area contributed by atoms with E-state index in [9.17, 15) is 0 Å². The molecule has 0 aliphatic rings. The number of anilines is 2. The number of ether oxygens (including phenoxy) is 2. The van der Waals surface area contributed by atoms with Gasteiger partial charge in [-0.15, -0.1) is 0 Å². The number of nitrogen functional groups attached to an aromatic ring is 2. The predicted octanol–water partition coefficient (Wildman–Crippen LogP) is 0.150. The number of nitrogens with one attached hydrogen (secondary N) is 1. The Balaban J connectivity index is 2.38. The van der Waals surface area contributed by atoms with Crippen LogP contribution in [0.5, 0.6) is 5.88 Å². The van der Waals surface area contributed by atoms with E-state index in [-0.39, 0.29) is 5.95 Å². The van der Waals surface area contributed by atoms with E-state index in [1.807, 2.05) is 6.92 Å². The highest BCUT2D eigenvalue weighted by molar-refractivity contribution is 5.41. The van der Waals surface area contributed by atoms with Crippen LogP contribution in [0, 0.1) is 0 Å². The van der Waals surface area contributed by atoms with E-state index in [0.717, 1.165) is 13.0 Å². The van der Waals surface area contributed by atoms with E-state index in [4.69, 9.17) is 21.1 Å². The van der Waals surface area contributed by atoms with Gasteiger partial charge >= 0.3 is 0 Å². The highest BCUT2D eigenvalue weighted by Gasteiger charge is 2.01. The second-order valence-electron chi connectivity index (χ2n) is 3.05. The first-order valence-electron chi connectivity index (χ1n) is 5.08. The van der Waals surface area contributed by atoms with Crippen LogP contribution in [-0.4, -0.2) is 29.8 Å². The van der Waals surface area contributed by atoms with Gasteiger partial charge < -0.3 is 20.6 Å². The Labute approximate surface area is 94.1 Å². The normalized spacial score (nSPS) is 10.1. The van der Waals surface area contributed by atoms with Crippen LogP contribution in [0.3, 0.4) is 0 Å². The second kappa shape index (κ2) is 6.81. The maximum Gasteiger partial charge on any atom is 0.225 e. The van der Waals surface area contributed by atoms with Crippen molar-refractivity contribution in [2.75, 3.05) is 31.0 Å². The summed E-state index contributed by atoms with van der Waals surface area (Å²) in [5.41, 5.74) is 7.83. The summed E-state index contributed by atoms with van der Waals surface area (Å²) in [6.07, 6.45) is 0.988. The van der Waals surface area contributed by atoms with Crippen LogP contribution >= 0.6 is 0 Å². The fraction of sp³-hybridized carbons (Fsp3) is 0.556. The molecule has 7 heteroatoms. The molecule has 0 radical (unpaired) electrons. The van der Waals surface area contributed by atoms with Gasteiger partial charge in [-0.3, -0.25) is 0 Å². The lowest BCUT2D eigenvalue weighted by Crippen LogP contribution is -2.12. The minimum atomic E-state index is 0.111. The quantitative estimate of drug-likeness (QED) is 0.345. The van der Waals surface area contributed by atoms with Gasteiger partial charge in [0.2, 0.25) is 11.8 Å². The van der Waals surface area contributed by atoms with Crippen LogP contribution in [0.1, 0.15) is 13.3 Å². The highest BCUT2D eigenvalue weighted by Crippen LogP contribution is 2.13. The van der Waals surface area contributed by atoms with E-state index in [2.05, 4.69) is 15.4 Å². The summed E-state index contributed by atoms with van der Waals surface area (Å²) in [7, 11) is 0. The summed E-state index contributed by atoms with van der Waals surface area (Å²) in [6, 6.07) is 1.57. The molecule has 1 aromatic rings. The molecule has 5 N–H and O–H groups in total. The Bertz CT molecular complexity index is 321. The molecule has 0 fully saturated rings. The SMILES string of the molecule is CCCOCCOc1cc(NN)nc(N)n1. The number of rotatable bonds is 7. The monoisotopic (exact) mass is 227 g/mol. The summed E-state index contributed by atoms with van der Waals surface area (Å²) in [6.45, 7) is 3.71. The standard InChI is InChI=1S/C9H17N5O2/c1-2-3-15-4-5-16-8-6-7(14-11)12-9(10)13-8/h6H,2-5,11H2,1H3,(H3,10,12,13,14). The summed E-state index contributed by atoms with van der Waals surface area (Å²) >= 11 is 0. The molecule has 16 heavy (non-hydrogen) atoms. The van der Waals surface area contributed by atoms with Crippen LogP contribution < -0.4 is 21.7 Å². The summed E-state index contributed by atoms with van der Waals surface area (Å²) in [4.78, 5) is 7.72. The third-order valence-electron chi connectivity index (χ3n) is 1.69. The Morgan fingerprint density at radius 2 is 2.12 bits per heavy atom. The molecule has 0 saturated heterocycles. The molecule has 0 aliphatic heterocycles. The van der Waals surface area contributed by atoms with Crippen LogP contribution in [0.15, 0.2) is 6.07 Å². The molecule has 0 spiro atoms. The van der Waals surface area contributed by atoms with E-state index in [0.29, 0.717) is 24.9 Å². The number of nitrogens with two attached hydrogens (primary N) is 2. The maximum absolute atomic E-state index is 5.46. The first kappa shape index (κ1) is 12.5. The lowest BCUT2D eigenvalue weighted by molar-refractivity contribution is 0.0990. The van der Waals surface area contributed by atoms with Crippen LogP contribution in [0.4, 0.5) is 11.8 Å². The zero-order chi connectivity index (χ0) is 11.8. The zero-order valence-electron chi connectivity index (χ0n) is 9.27. The Kier molecular flexibility index (Phi) is 5.30. The van der Waals surface area contributed by atoms with Gasteiger partial charge in [0.05, 0.1) is 6.61 Å². The Hall–Kier alpha value is -1.60. The van der Waals surface area contributed by atoms with E-state index >= 15 is 0 Å². The van der Waals surface area contributed by atoms with Gasteiger partial charge in [-0.25, -0.2) is 5.84 Å². The molecule has 90 valence electrons. The Morgan fingerprint density at radius 1 is 1.31 bits per heavy atom. The molecule has 1 aromatic heterocycles. The molecule has 1 heterocycles. The van der Waals surface area contributed by atoms with Crippen molar-refractivity contribution in [3.05, 3.63) is 6.07 Å². The highest BCUT2D eigenvalue weighted by atomic mass is 16.5. The molecule has 0 aliphatic carbocycles. The number of hydrazine groups is 1. The second-order valence-corrected chi connectivity index (χ2v) is 3.05. The maximum atomic E-state index is 5.46. The number of nitrogens with zero attached hydrogens (tertiary/aromatic N) is 2. The van der Waals surface area contributed by atoms with Gasteiger partial charge in [-0.2, -0.15) is 9.97 Å². The topological polar surface area (TPSA) is 108 Å². The van der Waals surface area contributed by atoms with E-state index in [1.54, 1.807) is 6.07 Å². The van der Waals surface area contributed by atoms with Crippen molar-refractivity contribution >= 4 is 11.8 Å². The zero-order valence-corrected chi connectivity index (χ0v) is 9.27. The minimum Gasteiger partial charge on any atom is -0.475 e. The fourth-order valence-electron chi connectivity index (χ4n) is 1.04. The average molecular weight is 227 g/mol. The largest absolute Gasteiger partial charge is 0.475 e. The summed E-state index contributed by atoms with van der Waals surface area (Å²) in [5, 5.41) is 0. The minimum absolute atomic E-state index is 0.111. The lowest BCUT2D eigenvalue weighted by Gasteiger charge is -2.07. The number of hydrogen-bond acceptors (Lipinski definition) is 7. The van der Waals surface area contributed by atoms with Gasteiger partial charge in [-0.1, -0.05) is 6.92 Å². The van der Waals surface area contributed by atoms with E-state index < -0.39 is 0 Å². The smallest absolute Gasteiger partial charge is 0.225 e. The number of hydrogen-bond donors (Lipinski definition) is 3. The predicted molar refractivity (Wildman–Crippen MR) is 60.9 cm³/mol. The van der Waals surface area contributed by atoms with Crippen molar-refractivity contribution in [1.29, 1.82) is 0 Å². The molecule has 0 saturated carbocycles. The van der Waals surface area contributed by atoms with Crippen molar-refractivity contribution in [3.63, 3.8) is 0 Å². The Morgan fingerprint density at radius 3 is 2.81 bits per heavy atom. The third-order valence-corrected chi connectivity index (χ3v) is 1.69. The van der Waals surface area contributed by atoms with Gasteiger partial charge in [0.15, 0.2) is 0 Å². The fourth-order valence-corrected chi connectivity index (χ4v) is 1.04. The molecule has 1 rings (SSSR count). The third kappa shape index (κ3) is 4.28. The molecule has 7 nitrogen and oxygen atoms in total. The van der Waals surface area contributed by atoms with Crippen LogP contribution in [0.2, 0.25) is 0 Å².